The Morgan fingerprint density at radius 1 is 1.24 bits per heavy atom. The Bertz CT molecular complexity index is 767. The number of fused-ring (bicyclic) bond motifs is 5. The van der Waals surface area contributed by atoms with Crippen LogP contribution >= 0.6 is 0 Å². The fraction of sp³-hybridized carbons (Fsp3) is 0.737. The standard InChI is InChI=1S/C19H26O5S/c1-18-9-7-13(24-25(21,22)23)11-12(18)3-4-14-15-5-6-17(20)19(15,2)10-8-16(14)18/h3,7,9,13-16H,4-6,8,10-11H2,1-2H3,(H,21,22,23)/t13-,14-,15-,16-,18-,19-/m0/s1. The van der Waals surface area contributed by atoms with Crippen molar-refractivity contribution in [1.82, 2.24) is 0 Å². The highest BCUT2D eigenvalue weighted by Crippen LogP contribution is 2.63. The molecule has 5 nitrogen and oxygen atoms in total. The molecule has 0 spiro atoms. The van der Waals surface area contributed by atoms with Crippen LogP contribution in [-0.4, -0.2) is 24.9 Å². The van der Waals surface area contributed by atoms with Crippen LogP contribution in [0.15, 0.2) is 23.8 Å². The highest BCUT2D eigenvalue weighted by Gasteiger charge is 2.58. The molecule has 0 aromatic carbocycles. The molecule has 6 heteroatoms. The van der Waals surface area contributed by atoms with Crippen LogP contribution in [0.3, 0.4) is 0 Å². The summed E-state index contributed by atoms with van der Waals surface area (Å²) in [7, 11) is -4.45. The SMILES string of the molecule is C[C@]12C=C[C@H](OS(=O)(=O)O)CC1=CC[C@@H]1[C@@H]2CC[C@]2(C)C(=O)CC[C@@H]12. The summed E-state index contributed by atoms with van der Waals surface area (Å²) in [6, 6.07) is 0. The van der Waals surface area contributed by atoms with Crippen molar-refractivity contribution >= 4 is 16.2 Å². The first-order valence-corrected chi connectivity index (χ1v) is 10.6. The summed E-state index contributed by atoms with van der Waals surface area (Å²) in [5.74, 6) is 1.91. The van der Waals surface area contributed by atoms with Crippen molar-refractivity contribution in [2.45, 2.75) is 58.5 Å². The molecule has 0 aromatic rings. The van der Waals surface area contributed by atoms with Crippen molar-refractivity contribution in [3.63, 3.8) is 0 Å². The molecule has 0 aliphatic heterocycles. The van der Waals surface area contributed by atoms with Crippen molar-refractivity contribution in [3.05, 3.63) is 23.8 Å². The summed E-state index contributed by atoms with van der Waals surface area (Å²) in [5, 5.41) is 0. The van der Waals surface area contributed by atoms with Crippen LogP contribution in [0.25, 0.3) is 0 Å². The van der Waals surface area contributed by atoms with E-state index in [2.05, 4.69) is 26.0 Å². The van der Waals surface area contributed by atoms with E-state index < -0.39 is 16.5 Å². The number of ketones is 1. The third kappa shape index (κ3) is 2.64. The van der Waals surface area contributed by atoms with E-state index in [-0.39, 0.29) is 10.8 Å². The predicted molar refractivity (Wildman–Crippen MR) is 93.0 cm³/mol. The third-order valence-corrected chi connectivity index (χ3v) is 8.06. The second-order valence-electron chi connectivity index (χ2n) is 8.67. The van der Waals surface area contributed by atoms with Crippen LogP contribution in [0.1, 0.15) is 52.4 Å². The Morgan fingerprint density at radius 2 is 2.00 bits per heavy atom. The molecule has 4 aliphatic carbocycles. The minimum Gasteiger partial charge on any atom is -0.299 e. The van der Waals surface area contributed by atoms with Gasteiger partial charge in [0.1, 0.15) is 11.9 Å². The average molecular weight is 366 g/mol. The normalized spacial score (nSPS) is 46.2. The molecule has 2 fully saturated rings. The van der Waals surface area contributed by atoms with Crippen molar-refractivity contribution < 1.29 is 21.9 Å². The van der Waals surface area contributed by atoms with E-state index in [1.54, 1.807) is 6.08 Å². The minimum absolute atomic E-state index is 0.102. The van der Waals surface area contributed by atoms with Crippen LogP contribution < -0.4 is 0 Å². The van der Waals surface area contributed by atoms with Gasteiger partial charge in [0, 0.05) is 23.7 Å². The highest BCUT2D eigenvalue weighted by atomic mass is 32.3. The van der Waals surface area contributed by atoms with E-state index in [4.69, 9.17) is 8.74 Å². The van der Waals surface area contributed by atoms with Crippen LogP contribution in [-0.2, 0) is 19.4 Å². The fourth-order valence-corrected chi connectivity index (χ4v) is 6.66. The Hall–Kier alpha value is -0.980. The molecule has 138 valence electrons. The van der Waals surface area contributed by atoms with Gasteiger partial charge in [-0.2, -0.15) is 8.42 Å². The predicted octanol–water partition coefficient (Wildman–Crippen LogP) is 3.48. The third-order valence-electron chi connectivity index (χ3n) is 7.57. The second kappa shape index (κ2) is 5.51. The lowest BCUT2D eigenvalue weighted by Gasteiger charge is -2.55. The number of carbonyl (C=O) groups is 1. The average Bonchev–Trinajstić information content (AvgIpc) is 2.82. The van der Waals surface area contributed by atoms with Gasteiger partial charge in [-0.1, -0.05) is 37.6 Å². The molecule has 0 unspecified atom stereocenters. The minimum atomic E-state index is -4.45. The van der Waals surface area contributed by atoms with Gasteiger partial charge in [0.25, 0.3) is 0 Å². The molecule has 0 saturated heterocycles. The van der Waals surface area contributed by atoms with Crippen LogP contribution in [0.4, 0.5) is 0 Å². The van der Waals surface area contributed by atoms with Crippen molar-refractivity contribution in [2.75, 3.05) is 0 Å². The summed E-state index contributed by atoms with van der Waals surface area (Å²) in [4.78, 5) is 12.4. The first-order chi connectivity index (χ1) is 11.6. The lowest BCUT2D eigenvalue weighted by molar-refractivity contribution is -0.131. The highest BCUT2D eigenvalue weighted by molar-refractivity contribution is 7.80. The smallest absolute Gasteiger partial charge is 0.299 e. The lowest BCUT2D eigenvalue weighted by atomic mass is 9.49. The molecular weight excluding hydrogens is 340 g/mol. The molecule has 1 N–H and O–H groups in total. The summed E-state index contributed by atoms with van der Waals surface area (Å²) in [6.07, 6.45) is 10.6. The molecular formula is C19H26O5S. The number of Topliss-reactive ketones (excluding diaryl/α,β-unsaturated/α-hetero) is 1. The van der Waals surface area contributed by atoms with Gasteiger partial charge in [0.2, 0.25) is 0 Å². The molecule has 6 atom stereocenters. The fourth-order valence-electron chi connectivity index (χ4n) is 6.22. The van der Waals surface area contributed by atoms with Crippen LogP contribution in [0.5, 0.6) is 0 Å². The summed E-state index contributed by atoms with van der Waals surface area (Å²) in [5.41, 5.74) is 0.963. The Morgan fingerprint density at radius 3 is 2.72 bits per heavy atom. The zero-order valence-corrected chi connectivity index (χ0v) is 15.6. The van der Waals surface area contributed by atoms with E-state index in [9.17, 15) is 13.2 Å². The van der Waals surface area contributed by atoms with E-state index in [0.29, 0.717) is 30.0 Å². The van der Waals surface area contributed by atoms with Crippen LogP contribution in [0.2, 0.25) is 0 Å². The maximum absolute atomic E-state index is 12.4. The number of carbonyl (C=O) groups excluding carboxylic acids is 1. The van der Waals surface area contributed by atoms with E-state index in [1.165, 1.54) is 5.57 Å². The molecule has 0 radical (unpaired) electrons. The van der Waals surface area contributed by atoms with Gasteiger partial charge >= 0.3 is 10.4 Å². The topological polar surface area (TPSA) is 80.7 Å². The van der Waals surface area contributed by atoms with Gasteiger partial charge in [0.15, 0.2) is 0 Å². The van der Waals surface area contributed by atoms with Crippen molar-refractivity contribution in [1.29, 1.82) is 0 Å². The molecule has 4 aliphatic rings. The van der Waals surface area contributed by atoms with E-state index >= 15 is 0 Å². The number of allylic oxidation sites excluding steroid dienone is 2. The van der Waals surface area contributed by atoms with E-state index in [1.807, 2.05) is 0 Å². The summed E-state index contributed by atoms with van der Waals surface area (Å²) >= 11 is 0. The molecule has 0 heterocycles. The molecule has 2 saturated carbocycles. The molecule has 0 amide bonds. The Labute approximate surface area is 149 Å². The van der Waals surface area contributed by atoms with Gasteiger partial charge < -0.3 is 0 Å². The summed E-state index contributed by atoms with van der Waals surface area (Å²) in [6.45, 7) is 4.40. The summed E-state index contributed by atoms with van der Waals surface area (Å²) < 4.78 is 35.7. The van der Waals surface area contributed by atoms with Gasteiger partial charge in [-0.3, -0.25) is 9.35 Å². The molecule has 0 aromatic heterocycles. The maximum atomic E-state index is 12.4. The number of rotatable bonds is 2. The molecule has 0 bridgehead atoms. The van der Waals surface area contributed by atoms with Gasteiger partial charge in [0.05, 0.1) is 0 Å². The Kier molecular flexibility index (Phi) is 3.84. The van der Waals surface area contributed by atoms with Gasteiger partial charge in [-0.15, -0.1) is 0 Å². The van der Waals surface area contributed by atoms with E-state index in [0.717, 1.165) is 32.1 Å². The van der Waals surface area contributed by atoms with Crippen molar-refractivity contribution in [2.24, 2.45) is 28.6 Å². The zero-order valence-electron chi connectivity index (χ0n) is 14.8. The first kappa shape index (κ1) is 17.4. The van der Waals surface area contributed by atoms with Crippen LogP contribution in [0, 0.1) is 28.6 Å². The second-order valence-corrected chi connectivity index (χ2v) is 9.72. The largest absolute Gasteiger partial charge is 0.397 e. The Balaban J connectivity index is 1.63. The lowest BCUT2D eigenvalue weighted by Crippen LogP contribution is -2.49. The maximum Gasteiger partial charge on any atom is 0.397 e. The number of hydrogen-bond donors (Lipinski definition) is 1. The quantitative estimate of drug-likeness (QED) is 0.598. The first-order valence-electron chi connectivity index (χ1n) is 9.21. The van der Waals surface area contributed by atoms with Gasteiger partial charge in [-0.05, 0) is 43.4 Å². The molecule has 4 rings (SSSR count). The van der Waals surface area contributed by atoms with Gasteiger partial charge in [-0.25, -0.2) is 4.18 Å². The monoisotopic (exact) mass is 366 g/mol. The zero-order chi connectivity index (χ0) is 18.0. The number of hydrogen-bond acceptors (Lipinski definition) is 4. The van der Waals surface area contributed by atoms with Crippen molar-refractivity contribution in [3.8, 4) is 0 Å². The molecule has 25 heavy (non-hydrogen) atoms.